The lowest BCUT2D eigenvalue weighted by molar-refractivity contribution is -0.145. The molecule has 1 spiro atoms. The number of ether oxygens (including phenoxy) is 1. The van der Waals surface area contributed by atoms with E-state index >= 15 is 0 Å². The van der Waals surface area contributed by atoms with Gasteiger partial charge in [-0.3, -0.25) is 9.79 Å². The summed E-state index contributed by atoms with van der Waals surface area (Å²) in [5, 5.41) is 6.84. The van der Waals surface area contributed by atoms with Gasteiger partial charge in [0.25, 0.3) is 5.91 Å². The first kappa shape index (κ1) is 22.0. The Hall–Kier alpha value is -1.29. The van der Waals surface area contributed by atoms with Crippen LogP contribution in [-0.2, 0) is 11.3 Å². The Morgan fingerprint density at radius 1 is 1.37 bits per heavy atom. The van der Waals surface area contributed by atoms with Gasteiger partial charge in [0.15, 0.2) is 11.7 Å². The maximum atomic E-state index is 11.1. The number of carbonyl (C=O) groups excluding carboxylic acids is 1. The molecule has 2 aliphatic rings. The van der Waals surface area contributed by atoms with Crippen molar-refractivity contribution in [3.63, 3.8) is 0 Å². The largest absolute Gasteiger partial charge is 0.454 e. The number of nitrogens with zero attached hydrogens (tertiary/aromatic N) is 1. The van der Waals surface area contributed by atoms with Crippen LogP contribution in [0, 0.1) is 5.41 Å². The molecule has 1 aromatic heterocycles. The van der Waals surface area contributed by atoms with Crippen LogP contribution in [0.3, 0.4) is 0 Å². The molecule has 2 saturated carbocycles. The Morgan fingerprint density at radius 3 is 2.70 bits per heavy atom. The number of amides is 1. The number of nitrogens with one attached hydrogen (secondary N) is 2. The molecule has 0 aromatic carbocycles. The number of guanidine groups is 1. The molecule has 0 aliphatic heterocycles. The summed E-state index contributed by atoms with van der Waals surface area (Å²) in [5.74, 6) is 1.00. The zero-order chi connectivity index (χ0) is 18.6. The summed E-state index contributed by atoms with van der Waals surface area (Å²) in [4.78, 5) is 15.5. The number of rotatable bonds is 6. The van der Waals surface area contributed by atoms with Crippen LogP contribution in [0.25, 0.3) is 0 Å². The number of carbonyl (C=O) groups is 1. The number of hydrogen-bond donors (Lipinski definition) is 3. The molecule has 4 N–H and O–H groups in total. The fourth-order valence-corrected chi connectivity index (χ4v) is 4.40. The molecule has 3 rings (SSSR count). The first-order chi connectivity index (χ1) is 12.6. The van der Waals surface area contributed by atoms with Crippen LogP contribution < -0.4 is 16.4 Å². The Labute approximate surface area is 177 Å². The van der Waals surface area contributed by atoms with Crippen molar-refractivity contribution in [2.75, 3.05) is 13.7 Å². The monoisotopic (exact) mass is 490 g/mol. The molecule has 0 radical (unpaired) electrons. The lowest BCUT2D eigenvalue weighted by Gasteiger charge is -2.57. The Bertz CT molecular complexity index is 655. The van der Waals surface area contributed by atoms with Crippen LogP contribution in [-0.4, -0.2) is 37.7 Å². The van der Waals surface area contributed by atoms with E-state index in [1.807, 2.05) is 0 Å². The molecule has 2 unspecified atom stereocenters. The van der Waals surface area contributed by atoms with Gasteiger partial charge >= 0.3 is 0 Å². The van der Waals surface area contributed by atoms with Crippen LogP contribution in [0.2, 0.25) is 0 Å². The van der Waals surface area contributed by atoms with Gasteiger partial charge in [-0.15, -0.1) is 24.0 Å². The second-order valence-electron chi connectivity index (χ2n) is 7.23. The van der Waals surface area contributed by atoms with Crippen LogP contribution in [0.15, 0.2) is 21.5 Å². The molecule has 7 nitrogen and oxygen atoms in total. The summed E-state index contributed by atoms with van der Waals surface area (Å²) in [6.45, 7) is 3.29. The van der Waals surface area contributed by atoms with Crippen LogP contribution >= 0.6 is 24.0 Å². The van der Waals surface area contributed by atoms with Crippen molar-refractivity contribution in [3.8, 4) is 0 Å². The molecule has 1 amide bonds. The van der Waals surface area contributed by atoms with Gasteiger partial charge in [-0.05, 0) is 38.3 Å². The lowest BCUT2D eigenvalue weighted by Crippen LogP contribution is -2.66. The number of aliphatic imine (C=N–C) groups is 1. The van der Waals surface area contributed by atoms with Crippen LogP contribution in [0.4, 0.5) is 0 Å². The van der Waals surface area contributed by atoms with E-state index in [9.17, 15) is 4.79 Å². The van der Waals surface area contributed by atoms with Gasteiger partial charge < -0.3 is 25.5 Å². The third kappa shape index (κ3) is 4.77. The second kappa shape index (κ2) is 9.77. The van der Waals surface area contributed by atoms with E-state index in [1.165, 1.54) is 32.1 Å². The Balaban J connectivity index is 0.00000261. The average molecular weight is 490 g/mol. The predicted molar refractivity (Wildman–Crippen MR) is 115 cm³/mol. The van der Waals surface area contributed by atoms with Gasteiger partial charge in [-0.2, -0.15) is 0 Å². The van der Waals surface area contributed by atoms with Crippen molar-refractivity contribution in [1.29, 1.82) is 0 Å². The third-order valence-corrected chi connectivity index (χ3v) is 5.81. The molecule has 0 bridgehead atoms. The van der Waals surface area contributed by atoms with Crippen molar-refractivity contribution in [2.45, 2.75) is 64.1 Å². The SMILES string of the molecule is CCOC1CC(NC(=NC)NCc2ccc(C(N)=O)o2)C12CCCCC2.I. The Morgan fingerprint density at radius 2 is 2.11 bits per heavy atom. The van der Waals surface area contributed by atoms with Crippen molar-refractivity contribution in [3.05, 3.63) is 23.7 Å². The highest BCUT2D eigenvalue weighted by Gasteiger charge is 2.55. The molecule has 2 atom stereocenters. The topological polar surface area (TPSA) is 102 Å². The van der Waals surface area contributed by atoms with E-state index in [-0.39, 0.29) is 35.2 Å². The van der Waals surface area contributed by atoms with Gasteiger partial charge in [0.2, 0.25) is 0 Å². The second-order valence-corrected chi connectivity index (χ2v) is 7.23. The zero-order valence-electron chi connectivity index (χ0n) is 16.1. The fourth-order valence-electron chi connectivity index (χ4n) is 4.40. The molecule has 1 heterocycles. The molecule has 2 aliphatic carbocycles. The normalized spacial score (nSPS) is 24.0. The van der Waals surface area contributed by atoms with E-state index in [0.717, 1.165) is 19.0 Å². The minimum absolute atomic E-state index is 0. The first-order valence-electron chi connectivity index (χ1n) is 9.56. The van der Waals surface area contributed by atoms with Gasteiger partial charge in [0.05, 0.1) is 12.6 Å². The summed E-state index contributed by atoms with van der Waals surface area (Å²) in [6.07, 6.45) is 7.67. The van der Waals surface area contributed by atoms with E-state index in [0.29, 0.717) is 24.5 Å². The molecule has 152 valence electrons. The van der Waals surface area contributed by atoms with Gasteiger partial charge in [0, 0.05) is 25.1 Å². The Kier molecular flexibility index (Phi) is 7.96. The standard InChI is InChI=1S/C19H30N4O3.HI/c1-3-25-16-11-15(19(16)9-5-4-6-10-19)23-18(21-2)22-12-13-7-8-14(26-13)17(20)24;/h7-8,15-16H,3-6,9-12H2,1-2H3,(H2,20,24)(H2,21,22,23);1H. The first-order valence-corrected chi connectivity index (χ1v) is 9.56. The molecule has 8 heteroatoms. The molecular formula is C19H31IN4O3. The summed E-state index contributed by atoms with van der Waals surface area (Å²) >= 11 is 0. The van der Waals surface area contributed by atoms with Crippen LogP contribution in [0.1, 0.15) is 61.8 Å². The van der Waals surface area contributed by atoms with E-state index in [2.05, 4.69) is 22.5 Å². The highest BCUT2D eigenvalue weighted by atomic mass is 127. The van der Waals surface area contributed by atoms with Crippen molar-refractivity contribution in [1.82, 2.24) is 10.6 Å². The quantitative estimate of drug-likeness (QED) is 0.324. The maximum absolute atomic E-state index is 11.1. The van der Waals surface area contributed by atoms with Gasteiger partial charge in [-0.1, -0.05) is 19.3 Å². The lowest BCUT2D eigenvalue weighted by atomic mass is 9.55. The summed E-state index contributed by atoms with van der Waals surface area (Å²) in [5.41, 5.74) is 5.45. The van der Waals surface area contributed by atoms with E-state index < -0.39 is 5.91 Å². The molecule has 1 aromatic rings. The highest BCUT2D eigenvalue weighted by molar-refractivity contribution is 14.0. The van der Waals surface area contributed by atoms with Crippen LogP contribution in [0.5, 0.6) is 0 Å². The minimum atomic E-state index is -0.561. The number of furan rings is 1. The van der Waals surface area contributed by atoms with Crippen molar-refractivity contribution >= 4 is 35.8 Å². The maximum Gasteiger partial charge on any atom is 0.284 e. The number of halogens is 1. The number of primary amides is 1. The minimum Gasteiger partial charge on any atom is -0.454 e. The van der Waals surface area contributed by atoms with Crippen molar-refractivity contribution in [2.24, 2.45) is 16.1 Å². The third-order valence-electron chi connectivity index (χ3n) is 5.81. The predicted octanol–water partition coefficient (Wildman–Crippen LogP) is 2.79. The summed E-state index contributed by atoms with van der Waals surface area (Å²) in [7, 11) is 1.76. The fraction of sp³-hybridized carbons (Fsp3) is 0.684. The smallest absolute Gasteiger partial charge is 0.284 e. The molecular weight excluding hydrogens is 459 g/mol. The van der Waals surface area contributed by atoms with E-state index in [1.54, 1.807) is 19.2 Å². The summed E-state index contributed by atoms with van der Waals surface area (Å²) in [6, 6.07) is 3.71. The zero-order valence-corrected chi connectivity index (χ0v) is 18.5. The van der Waals surface area contributed by atoms with E-state index in [4.69, 9.17) is 14.9 Å². The highest BCUT2D eigenvalue weighted by Crippen LogP contribution is 2.53. The van der Waals surface area contributed by atoms with Crippen molar-refractivity contribution < 1.29 is 13.9 Å². The number of nitrogens with two attached hydrogens (primary N) is 1. The average Bonchev–Trinajstić information content (AvgIpc) is 3.13. The number of hydrogen-bond acceptors (Lipinski definition) is 4. The summed E-state index contributed by atoms with van der Waals surface area (Å²) < 4.78 is 11.4. The molecule has 2 fully saturated rings. The molecule has 0 saturated heterocycles. The molecule has 27 heavy (non-hydrogen) atoms. The van der Waals surface area contributed by atoms with Gasteiger partial charge in [-0.25, -0.2) is 0 Å². The van der Waals surface area contributed by atoms with Gasteiger partial charge in [0.1, 0.15) is 5.76 Å².